The molecule has 0 fully saturated rings. The van der Waals surface area contributed by atoms with Crippen molar-refractivity contribution in [2.24, 2.45) is 5.73 Å². The molecular formula is C11H12ClNOS. The highest BCUT2D eigenvalue weighted by atomic mass is 35.5. The number of hydrogen-bond acceptors (Lipinski definition) is 3. The highest BCUT2D eigenvalue weighted by Gasteiger charge is 2.17. The first kappa shape index (κ1) is 10.7. The standard InChI is InChI=1S/C11H12ClNOS/c1-2-7-3-4-9(14-7)10(13)11-8(12)5-6-15-11/h3-6,10H,2,13H2,1H3. The Bertz CT molecular complexity index is 449. The number of nitrogens with two attached hydrogens (primary N) is 1. The molecule has 2 heterocycles. The molecule has 1 atom stereocenters. The van der Waals surface area contributed by atoms with Crippen molar-refractivity contribution in [1.29, 1.82) is 0 Å². The first-order chi connectivity index (χ1) is 7.22. The van der Waals surface area contributed by atoms with E-state index >= 15 is 0 Å². The van der Waals surface area contributed by atoms with E-state index in [-0.39, 0.29) is 6.04 Å². The largest absolute Gasteiger partial charge is 0.464 e. The Balaban J connectivity index is 2.28. The van der Waals surface area contributed by atoms with Gasteiger partial charge >= 0.3 is 0 Å². The normalized spacial score (nSPS) is 13.0. The van der Waals surface area contributed by atoms with Crippen LogP contribution in [0.15, 0.2) is 28.0 Å². The zero-order valence-electron chi connectivity index (χ0n) is 8.37. The second-order valence-electron chi connectivity index (χ2n) is 3.27. The van der Waals surface area contributed by atoms with Crippen LogP contribution in [0.2, 0.25) is 5.02 Å². The number of rotatable bonds is 3. The second kappa shape index (κ2) is 4.39. The molecule has 0 aliphatic heterocycles. The van der Waals surface area contributed by atoms with Crippen LogP contribution in [0.3, 0.4) is 0 Å². The van der Waals surface area contributed by atoms with Crippen molar-refractivity contribution >= 4 is 22.9 Å². The molecule has 0 radical (unpaired) electrons. The Morgan fingerprint density at radius 1 is 1.47 bits per heavy atom. The Kier molecular flexibility index (Phi) is 3.14. The Morgan fingerprint density at radius 3 is 2.80 bits per heavy atom. The average Bonchev–Trinajstić information content (AvgIpc) is 2.84. The molecule has 0 amide bonds. The minimum atomic E-state index is -0.252. The molecule has 0 bridgehead atoms. The SMILES string of the molecule is CCc1ccc(C(N)c2sccc2Cl)o1. The van der Waals surface area contributed by atoms with Gasteiger partial charge in [-0.05, 0) is 23.6 Å². The molecule has 0 spiro atoms. The third kappa shape index (κ3) is 2.09. The van der Waals surface area contributed by atoms with Gasteiger partial charge in [0.2, 0.25) is 0 Å². The molecule has 15 heavy (non-hydrogen) atoms. The molecule has 4 heteroatoms. The molecule has 0 aliphatic carbocycles. The molecule has 0 saturated heterocycles. The summed E-state index contributed by atoms with van der Waals surface area (Å²) in [5, 5.41) is 2.64. The molecule has 2 aromatic heterocycles. The number of halogens is 1. The first-order valence-electron chi connectivity index (χ1n) is 4.79. The predicted octanol–water partition coefficient (Wildman–Crippen LogP) is 3.61. The molecule has 0 aromatic carbocycles. The van der Waals surface area contributed by atoms with Crippen LogP contribution < -0.4 is 5.73 Å². The molecule has 80 valence electrons. The van der Waals surface area contributed by atoms with Crippen LogP contribution in [-0.4, -0.2) is 0 Å². The van der Waals surface area contributed by atoms with E-state index in [1.54, 1.807) is 11.3 Å². The van der Waals surface area contributed by atoms with Crippen LogP contribution in [0.25, 0.3) is 0 Å². The van der Waals surface area contributed by atoms with Crippen LogP contribution in [-0.2, 0) is 6.42 Å². The van der Waals surface area contributed by atoms with E-state index in [1.165, 1.54) is 0 Å². The van der Waals surface area contributed by atoms with Gasteiger partial charge in [-0.3, -0.25) is 0 Å². The Morgan fingerprint density at radius 2 is 2.27 bits per heavy atom. The summed E-state index contributed by atoms with van der Waals surface area (Å²) in [5.74, 6) is 1.73. The number of furan rings is 1. The molecule has 1 unspecified atom stereocenters. The van der Waals surface area contributed by atoms with Crippen molar-refractivity contribution in [1.82, 2.24) is 0 Å². The van der Waals surface area contributed by atoms with Gasteiger partial charge in [-0.25, -0.2) is 0 Å². The predicted molar refractivity (Wildman–Crippen MR) is 63.4 cm³/mol. The number of aryl methyl sites for hydroxylation is 1. The van der Waals surface area contributed by atoms with E-state index in [9.17, 15) is 0 Å². The second-order valence-corrected chi connectivity index (χ2v) is 4.62. The molecule has 0 saturated carbocycles. The summed E-state index contributed by atoms with van der Waals surface area (Å²) in [7, 11) is 0. The van der Waals surface area contributed by atoms with E-state index in [4.69, 9.17) is 21.8 Å². The molecule has 2 aromatic rings. The fourth-order valence-corrected chi connectivity index (χ4v) is 2.59. The maximum Gasteiger partial charge on any atom is 0.126 e. The van der Waals surface area contributed by atoms with Gasteiger partial charge < -0.3 is 10.2 Å². The fraction of sp³-hybridized carbons (Fsp3) is 0.273. The van der Waals surface area contributed by atoms with Crippen molar-refractivity contribution in [2.75, 3.05) is 0 Å². The first-order valence-corrected chi connectivity index (χ1v) is 6.05. The summed E-state index contributed by atoms with van der Waals surface area (Å²) in [6.07, 6.45) is 0.880. The zero-order chi connectivity index (χ0) is 10.8. The van der Waals surface area contributed by atoms with Gasteiger partial charge in [0.1, 0.15) is 11.5 Å². The van der Waals surface area contributed by atoms with Crippen LogP contribution >= 0.6 is 22.9 Å². The summed E-state index contributed by atoms with van der Waals surface area (Å²) < 4.78 is 5.60. The highest BCUT2D eigenvalue weighted by molar-refractivity contribution is 7.10. The van der Waals surface area contributed by atoms with E-state index in [1.807, 2.05) is 30.5 Å². The summed E-state index contributed by atoms with van der Waals surface area (Å²) in [6, 6.07) is 5.47. The van der Waals surface area contributed by atoms with Crippen LogP contribution in [0, 0.1) is 0 Å². The minimum Gasteiger partial charge on any atom is -0.464 e. The van der Waals surface area contributed by atoms with Crippen LogP contribution in [0.5, 0.6) is 0 Å². The van der Waals surface area contributed by atoms with Crippen molar-refractivity contribution in [2.45, 2.75) is 19.4 Å². The maximum absolute atomic E-state index is 6.06. The summed E-state index contributed by atoms with van der Waals surface area (Å²) in [6.45, 7) is 2.05. The van der Waals surface area contributed by atoms with Crippen LogP contribution in [0.4, 0.5) is 0 Å². The molecular weight excluding hydrogens is 230 g/mol. The topological polar surface area (TPSA) is 39.2 Å². The van der Waals surface area contributed by atoms with Gasteiger partial charge in [-0.1, -0.05) is 18.5 Å². The third-order valence-corrected chi connectivity index (χ3v) is 3.71. The van der Waals surface area contributed by atoms with E-state index in [0.717, 1.165) is 22.8 Å². The van der Waals surface area contributed by atoms with E-state index in [2.05, 4.69) is 0 Å². The number of hydrogen-bond donors (Lipinski definition) is 1. The van der Waals surface area contributed by atoms with Gasteiger partial charge in [0.25, 0.3) is 0 Å². The monoisotopic (exact) mass is 241 g/mol. The molecule has 2 nitrogen and oxygen atoms in total. The van der Waals surface area contributed by atoms with Crippen molar-refractivity contribution in [3.8, 4) is 0 Å². The van der Waals surface area contributed by atoms with Gasteiger partial charge in [-0.2, -0.15) is 0 Å². The van der Waals surface area contributed by atoms with Crippen molar-refractivity contribution < 1.29 is 4.42 Å². The van der Waals surface area contributed by atoms with E-state index in [0.29, 0.717) is 5.02 Å². The third-order valence-electron chi connectivity index (χ3n) is 2.26. The molecule has 2 N–H and O–H groups in total. The number of thiophene rings is 1. The Hall–Kier alpha value is -0.770. The van der Waals surface area contributed by atoms with Crippen molar-refractivity contribution in [3.63, 3.8) is 0 Å². The quantitative estimate of drug-likeness (QED) is 0.892. The van der Waals surface area contributed by atoms with E-state index < -0.39 is 0 Å². The summed E-state index contributed by atoms with van der Waals surface area (Å²) >= 11 is 7.57. The maximum atomic E-state index is 6.06. The smallest absolute Gasteiger partial charge is 0.126 e. The lowest BCUT2D eigenvalue weighted by molar-refractivity contribution is 0.455. The summed E-state index contributed by atoms with van der Waals surface area (Å²) in [5.41, 5.74) is 6.06. The molecule has 2 rings (SSSR count). The highest BCUT2D eigenvalue weighted by Crippen LogP contribution is 2.31. The Labute approximate surface area is 97.7 Å². The van der Waals surface area contributed by atoms with Gasteiger partial charge in [0.15, 0.2) is 0 Å². The van der Waals surface area contributed by atoms with Gasteiger partial charge in [-0.15, -0.1) is 11.3 Å². The minimum absolute atomic E-state index is 0.252. The molecule has 0 aliphatic rings. The van der Waals surface area contributed by atoms with Gasteiger partial charge in [0, 0.05) is 11.3 Å². The lowest BCUT2D eigenvalue weighted by atomic mass is 10.2. The van der Waals surface area contributed by atoms with Crippen LogP contribution in [0.1, 0.15) is 29.4 Å². The lowest BCUT2D eigenvalue weighted by Crippen LogP contribution is -2.09. The van der Waals surface area contributed by atoms with Gasteiger partial charge in [0.05, 0.1) is 11.1 Å². The average molecular weight is 242 g/mol. The summed E-state index contributed by atoms with van der Waals surface area (Å²) in [4.78, 5) is 0.952. The lowest BCUT2D eigenvalue weighted by Gasteiger charge is -2.06. The fourth-order valence-electron chi connectivity index (χ4n) is 1.41. The van der Waals surface area contributed by atoms with Crippen molar-refractivity contribution in [3.05, 3.63) is 45.0 Å². The zero-order valence-corrected chi connectivity index (χ0v) is 9.94.